The molecule has 1 aliphatic rings. The second-order valence-electron chi connectivity index (χ2n) is 7.15. The van der Waals surface area contributed by atoms with E-state index >= 15 is 0 Å². The van der Waals surface area contributed by atoms with Gasteiger partial charge in [-0.25, -0.2) is 8.42 Å². The van der Waals surface area contributed by atoms with Crippen LogP contribution in [0, 0.1) is 12.8 Å². The Kier molecular flexibility index (Phi) is 5.56. The molecule has 3 rings (SSSR count). The lowest BCUT2D eigenvalue weighted by Crippen LogP contribution is -2.29. The van der Waals surface area contributed by atoms with Crippen LogP contribution in [0.3, 0.4) is 0 Å². The summed E-state index contributed by atoms with van der Waals surface area (Å²) >= 11 is 0. The summed E-state index contributed by atoms with van der Waals surface area (Å²) in [6, 6.07) is 13.6. The van der Waals surface area contributed by atoms with Gasteiger partial charge in [-0.15, -0.1) is 0 Å². The molecule has 0 aliphatic carbocycles. The summed E-state index contributed by atoms with van der Waals surface area (Å²) in [5.41, 5.74) is 2.13. The second-order valence-corrected chi connectivity index (χ2v) is 9.12. The highest BCUT2D eigenvalue weighted by Gasteiger charge is 2.26. The zero-order valence-electron chi connectivity index (χ0n) is 16.1. The fourth-order valence-corrected chi connectivity index (χ4v) is 4.55. The molecule has 0 saturated carbocycles. The van der Waals surface area contributed by atoms with Gasteiger partial charge in [0, 0.05) is 25.7 Å². The van der Waals surface area contributed by atoms with Crippen molar-refractivity contribution >= 4 is 21.6 Å². The molecule has 1 atom stereocenters. The van der Waals surface area contributed by atoms with Crippen LogP contribution in [0.15, 0.2) is 53.4 Å². The third kappa shape index (κ3) is 4.00. The minimum absolute atomic E-state index is 0.0153. The average Bonchev–Trinajstić information content (AvgIpc) is 3.16. The van der Waals surface area contributed by atoms with E-state index in [4.69, 9.17) is 0 Å². The van der Waals surface area contributed by atoms with Crippen LogP contribution in [0.2, 0.25) is 0 Å². The molecule has 1 heterocycles. The van der Waals surface area contributed by atoms with Crippen molar-refractivity contribution in [2.75, 3.05) is 24.4 Å². The number of aryl methyl sites for hydroxylation is 1. The first-order chi connectivity index (χ1) is 12.8. The summed E-state index contributed by atoms with van der Waals surface area (Å²) < 4.78 is 26.8. The van der Waals surface area contributed by atoms with Crippen molar-refractivity contribution in [3.63, 3.8) is 0 Å². The highest BCUT2D eigenvalue weighted by atomic mass is 32.2. The van der Waals surface area contributed by atoms with Crippen molar-refractivity contribution in [3.8, 4) is 0 Å². The van der Waals surface area contributed by atoms with Gasteiger partial charge in [0.2, 0.25) is 0 Å². The van der Waals surface area contributed by atoms with Crippen molar-refractivity contribution in [2.24, 2.45) is 5.92 Å². The largest absolute Gasteiger partial charge is 0.338 e. The van der Waals surface area contributed by atoms with Crippen LogP contribution in [0.5, 0.6) is 0 Å². The fraction of sp³-hybridized carbons (Fsp3) is 0.381. The molecule has 2 aromatic carbocycles. The molecule has 1 amide bonds. The third-order valence-corrected chi connectivity index (χ3v) is 7.11. The molecule has 0 spiro atoms. The van der Waals surface area contributed by atoms with Crippen LogP contribution in [-0.4, -0.2) is 39.4 Å². The third-order valence-electron chi connectivity index (χ3n) is 5.31. The van der Waals surface area contributed by atoms with Gasteiger partial charge >= 0.3 is 0 Å². The molecular weight excluding hydrogens is 360 g/mol. The summed E-state index contributed by atoms with van der Waals surface area (Å²) in [7, 11) is -2.10. The number of likely N-dealkylation sites (tertiary alicyclic amines) is 1. The molecule has 2 aromatic rings. The highest BCUT2D eigenvalue weighted by Crippen LogP contribution is 2.25. The quantitative estimate of drug-likeness (QED) is 0.787. The van der Waals surface area contributed by atoms with E-state index in [-0.39, 0.29) is 10.8 Å². The summed E-state index contributed by atoms with van der Waals surface area (Å²) in [6.45, 7) is 5.66. The summed E-state index contributed by atoms with van der Waals surface area (Å²) in [4.78, 5) is 14.8. The number of hydrogen-bond acceptors (Lipinski definition) is 3. The Labute approximate surface area is 161 Å². The van der Waals surface area contributed by atoms with E-state index in [9.17, 15) is 13.2 Å². The first kappa shape index (κ1) is 19.4. The molecule has 144 valence electrons. The first-order valence-electron chi connectivity index (χ1n) is 9.28. The molecule has 0 N–H and O–H groups in total. The van der Waals surface area contributed by atoms with Crippen LogP contribution >= 0.6 is 0 Å². The molecule has 6 heteroatoms. The number of carbonyl (C=O) groups excluding carboxylic acids is 1. The molecule has 1 aliphatic heterocycles. The number of sulfonamides is 1. The standard InChI is InChI=1S/C21H26N2O3S/c1-4-17-13-14-23(15-17)21(24)18-7-9-19(10-8-18)22(3)27(25,26)20-11-5-16(2)6-12-20/h5-12,17H,4,13-15H2,1-3H3/t17-/m0/s1. The number of hydrogen-bond donors (Lipinski definition) is 0. The van der Waals surface area contributed by atoms with Crippen molar-refractivity contribution < 1.29 is 13.2 Å². The lowest BCUT2D eigenvalue weighted by atomic mass is 10.1. The number of anilines is 1. The molecule has 0 aromatic heterocycles. The van der Waals surface area contributed by atoms with Gasteiger partial charge in [-0.2, -0.15) is 0 Å². The van der Waals surface area contributed by atoms with Gasteiger partial charge in [-0.05, 0) is 55.7 Å². The molecule has 1 saturated heterocycles. The Balaban J connectivity index is 1.76. The minimum atomic E-state index is -3.63. The Morgan fingerprint density at radius 3 is 2.30 bits per heavy atom. The lowest BCUT2D eigenvalue weighted by Gasteiger charge is -2.21. The molecule has 1 fully saturated rings. The van der Waals surface area contributed by atoms with E-state index < -0.39 is 10.0 Å². The Morgan fingerprint density at radius 2 is 1.74 bits per heavy atom. The van der Waals surface area contributed by atoms with Gasteiger partial charge in [-0.1, -0.05) is 31.0 Å². The number of amides is 1. The van der Waals surface area contributed by atoms with Crippen LogP contribution in [-0.2, 0) is 10.0 Å². The maximum Gasteiger partial charge on any atom is 0.264 e. The predicted molar refractivity (Wildman–Crippen MR) is 108 cm³/mol. The van der Waals surface area contributed by atoms with Crippen molar-refractivity contribution in [1.29, 1.82) is 0 Å². The van der Waals surface area contributed by atoms with Gasteiger partial charge in [0.05, 0.1) is 10.6 Å². The Bertz CT molecular complexity index is 905. The van der Waals surface area contributed by atoms with Crippen LogP contribution in [0.4, 0.5) is 5.69 Å². The van der Waals surface area contributed by atoms with Gasteiger partial charge in [0.1, 0.15) is 0 Å². The normalized spacial score (nSPS) is 17.1. The van der Waals surface area contributed by atoms with Crippen molar-refractivity contribution in [1.82, 2.24) is 4.90 Å². The van der Waals surface area contributed by atoms with E-state index in [2.05, 4.69) is 6.92 Å². The minimum Gasteiger partial charge on any atom is -0.338 e. The monoisotopic (exact) mass is 386 g/mol. The zero-order valence-corrected chi connectivity index (χ0v) is 16.9. The maximum atomic E-state index is 12.8. The SMILES string of the molecule is CC[C@H]1CCN(C(=O)c2ccc(N(C)S(=O)(=O)c3ccc(C)cc3)cc2)C1. The lowest BCUT2D eigenvalue weighted by molar-refractivity contribution is 0.0787. The van der Waals surface area contributed by atoms with Gasteiger partial charge in [-0.3, -0.25) is 9.10 Å². The zero-order chi connectivity index (χ0) is 19.6. The summed E-state index contributed by atoms with van der Waals surface area (Å²) in [6.07, 6.45) is 2.14. The van der Waals surface area contributed by atoms with E-state index in [1.807, 2.05) is 11.8 Å². The van der Waals surface area contributed by atoms with E-state index in [0.717, 1.165) is 31.5 Å². The topological polar surface area (TPSA) is 57.7 Å². The fourth-order valence-electron chi connectivity index (χ4n) is 3.35. The van der Waals surface area contributed by atoms with E-state index in [1.54, 1.807) is 48.5 Å². The number of nitrogens with zero attached hydrogens (tertiary/aromatic N) is 2. The van der Waals surface area contributed by atoms with Crippen molar-refractivity contribution in [3.05, 3.63) is 59.7 Å². The second kappa shape index (κ2) is 7.72. The smallest absolute Gasteiger partial charge is 0.264 e. The maximum absolute atomic E-state index is 12.8. The molecule has 27 heavy (non-hydrogen) atoms. The van der Waals surface area contributed by atoms with Gasteiger partial charge in [0.15, 0.2) is 0 Å². The molecule has 0 unspecified atom stereocenters. The van der Waals surface area contributed by atoms with Crippen LogP contribution in [0.25, 0.3) is 0 Å². The first-order valence-corrected chi connectivity index (χ1v) is 10.7. The highest BCUT2D eigenvalue weighted by molar-refractivity contribution is 7.92. The van der Waals surface area contributed by atoms with Crippen LogP contribution in [0.1, 0.15) is 35.7 Å². The van der Waals surface area contributed by atoms with E-state index in [0.29, 0.717) is 17.2 Å². The van der Waals surface area contributed by atoms with Crippen molar-refractivity contribution in [2.45, 2.75) is 31.6 Å². The van der Waals surface area contributed by atoms with E-state index in [1.165, 1.54) is 11.4 Å². The number of benzene rings is 2. The van der Waals surface area contributed by atoms with Gasteiger partial charge in [0.25, 0.3) is 15.9 Å². The molecule has 5 nitrogen and oxygen atoms in total. The van der Waals surface area contributed by atoms with Crippen LogP contribution < -0.4 is 4.31 Å². The molecule has 0 bridgehead atoms. The average molecular weight is 387 g/mol. The molecular formula is C21H26N2O3S. The number of carbonyl (C=O) groups is 1. The molecule has 0 radical (unpaired) electrons. The number of rotatable bonds is 5. The van der Waals surface area contributed by atoms with Gasteiger partial charge < -0.3 is 4.90 Å². The Hall–Kier alpha value is -2.34. The summed E-state index contributed by atoms with van der Waals surface area (Å²) in [5, 5.41) is 0. The predicted octanol–water partition coefficient (Wildman–Crippen LogP) is 3.69. The Morgan fingerprint density at radius 1 is 1.11 bits per heavy atom. The summed E-state index contributed by atoms with van der Waals surface area (Å²) in [5.74, 6) is 0.598.